The first-order valence-corrected chi connectivity index (χ1v) is 6.77. The lowest BCUT2D eigenvalue weighted by molar-refractivity contribution is -0.139. The quantitative estimate of drug-likeness (QED) is 0.591. The van der Waals surface area contributed by atoms with Crippen molar-refractivity contribution in [1.82, 2.24) is 5.32 Å². The van der Waals surface area contributed by atoms with Crippen molar-refractivity contribution in [3.05, 3.63) is 11.6 Å². The number of ether oxygens (including phenoxy) is 1. The molecule has 0 fully saturated rings. The summed E-state index contributed by atoms with van der Waals surface area (Å²) in [5.41, 5.74) is -0.869. The van der Waals surface area contributed by atoms with Gasteiger partial charge in [0.05, 0.1) is 6.67 Å². The van der Waals surface area contributed by atoms with Crippen molar-refractivity contribution in [2.45, 2.75) is 51.7 Å². The number of hydrogen-bond acceptors (Lipinski definition) is 4. The summed E-state index contributed by atoms with van der Waals surface area (Å²) >= 11 is 0. The summed E-state index contributed by atoms with van der Waals surface area (Å²) in [6, 6.07) is -1.32. The number of carbonyl (C=O) groups excluding carboxylic acids is 1. The van der Waals surface area contributed by atoms with Gasteiger partial charge in [-0.2, -0.15) is 0 Å². The fourth-order valence-corrected chi connectivity index (χ4v) is 1.48. The van der Waals surface area contributed by atoms with Gasteiger partial charge in [-0.15, -0.1) is 0 Å². The van der Waals surface area contributed by atoms with Crippen molar-refractivity contribution in [3.63, 3.8) is 0 Å². The van der Waals surface area contributed by atoms with E-state index < -0.39 is 36.3 Å². The molecule has 0 saturated heterocycles. The van der Waals surface area contributed by atoms with Crippen molar-refractivity contribution in [2.75, 3.05) is 6.67 Å². The first-order chi connectivity index (χ1) is 10.1. The summed E-state index contributed by atoms with van der Waals surface area (Å²) in [5.74, 6) is -2.56. The number of rotatable bonds is 8. The first-order valence-electron chi connectivity index (χ1n) is 6.77. The van der Waals surface area contributed by atoms with E-state index in [4.69, 9.17) is 14.9 Å². The van der Waals surface area contributed by atoms with Gasteiger partial charge in [0.15, 0.2) is 0 Å². The number of alkyl halides is 1. The largest absolute Gasteiger partial charge is 0.480 e. The van der Waals surface area contributed by atoms with Crippen LogP contribution in [0.5, 0.6) is 0 Å². The van der Waals surface area contributed by atoms with Gasteiger partial charge in [0, 0.05) is 5.57 Å². The molecule has 22 heavy (non-hydrogen) atoms. The minimum Gasteiger partial charge on any atom is -0.480 e. The van der Waals surface area contributed by atoms with Gasteiger partial charge < -0.3 is 20.3 Å². The normalized spacial score (nSPS) is 13.4. The Morgan fingerprint density at radius 1 is 1.27 bits per heavy atom. The standard InChI is InChI=1S/C14H22FNO6/c1-14(2,3)22-13(21)16-10(12(19)20)7-6-9(11(17)18)5-4-8-15/h6,10H,4-5,7-8H2,1-3H3,(H,16,21)(H,17,18)(H,19,20). The van der Waals surface area contributed by atoms with Gasteiger partial charge in [-0.05, 0) is 40.0 Å². The number of amides is 1. The van der Waals surface area contributed by atoms with Crippen molar-refractivity contribution in [2.24, 2.45) is 0 Å². The highest BCUT2D eigenvalue weighted by Gasteiger charge is 2.23. The number of halogens is 1. The molecular formula is C14H22FNO6. The van der Waals surface area contributed by atoms with Gasteiger partial charge in [-0.25, -0.2) is 14.4 Å². The monoisotopic (exact) mass is 319 g/mol. The topological polar surface area (TPSA) is 113 Å². The van der Waals surface area contributed by atoms with Crippen LogP contribution in [0.15, 0.2) is 11.6 Å². The highest BCUT2D eigenvalue weighted by molar-refractivity contribution is 5.87. The second kappa shape index (κ2) is 9.01. The number of carboxylic acid groups (broad SMARTS) is 2. The van der Waals surface area contributed by atoms with Gasteiger partial charge in [0.1, 0.15) is 11.6 Å². The maximum absolute atomic E-state index is 12.1. The van der Waals surface area contributed by atoms with Crippen LogP contribution in [-0.4, -0.2) is 46.6 Å². The van der Waals surface area contributed by atoms with Gasteiger partial charge in [0.25, 0.3) is 0 Å². The Hall–Kier alpha value is -2.12. The third kappa shape index (κ3) is 8.93. The van der Waals surface area contributed by atoms with Crippen LogP contribution in [0.1, 0.15) is 40.0 Å². The van der Waals surface area contributed by atoms with Crippen LogP contribution < -0.4 is 5.32 Å². The number of hydrogen-bond donors (Lipinski definition) is 3. The minimum atomic E-state index is -1.32. The van der Waals surface area contributed by atoms with Crippen molar-refractivity contribution in [1.29, 1.82) is 0 Å². The van der Waals surface area contributed by atoms with Crippen LogP contribution in [0.25, 0.3) is 0 Å². The Labute approximate surface area is 128 Å². The van der Waals surface area contributed by atoms with Crippen LogP contribution in [0.3, 0.4) is 0 Å². The maximum Gasteiger partial charge on any atom is 0.408 e. The molecule has 0 rings (SSSR count). The second-order valence-electron chi connectivity index (χ2n) is 5.60. The predicted molar refractivity (Wildman–Crippen MR) is 76.3 cm³/mol. The van der Waals surface area contributed by atoms with Crippen LogP contribution in [0.4, 0.5) is 9.18 Å². The van der Waals surface area contributed by atoms with E-state index in [9.17, 15) is 18.8 Å². The number of alkyl carbamates (subject to hydrolysis) is 1. The van der Waals surface area contributed by atoms with Crippen molar-refractivity contribution in [3.8, 4) is 0 Å². The molecule has 0 aliphatic carbocycles. The summed E-state index contributed by atoms with van der Waals surface area (Å²) in [6.07, 6.45) is 0.0605. The summed E-state index contributed by atoms with van der Waals surface area (Å²) < 4.78 is 17.0. The smallest absolute Gasteiger partial charge is 0.408 e. The molecule has 0 radical (unpaired) electrons. The van der Waals surface area contributed by atoms with E-state index in [1.165, 1.54) is 6.08 Å². The Morgan fingerprint density at radius 2 is 1.86 bits per heavy atom. The van der Waals surface area contributed by atoms with Crippen LogP contribution in [0.2, 0.25) is 0 Å². The molecule has 0 aromatic rings. The zero-order valence-electron chi connectivity index (χ0n) is 12.9. The molecule has 7 nitrogen and oxygen atoms in total. The molecule has 0 aliphatic rings. The number of carboxylic acids is 2. The minimum absolute atomic E-state index is 0.00932. The van der Waals surface area contributed by atoms with Gasteiger partial charge in [-0.3, -0.25) is 4.39 Å². The van der Waals surface area contributed by atoms with E-state index in [0.29, 0.717) is 0 Å². The van der Waals surface area contributed by atoms with E-state index >= 15 is 0 Å². The number of carbonyl (C=O) groups is 3. The highest BCUT2D eigenvalue weighted by Crippen LogP contribution is 2.10. The fraction of sp³-hybridized carbons (Fsp3) is 0.643. The molecular weight excluding hydrogens is 297 g/mol. The lowest BCUT2D eigenvalue weighted by Crippen LogP contribution is -2.43. The lowest BCUT2D eigenvalue weighted by atomic mass is 10.1. The Bertz CT molecular complexity index is 441. The molecule has 1 amide bonds. The van der Waals surface area contributed by atoms with E-state index in [1.54, 1.807) is 20.8 Å². The average molecular weight is 319 g/mol. The van der Waals surface area contributed by atoms with Crippen molar-refractivity contribution < 1.29 is 33.7 Å². The van der Waals surface area contributed by atoms with Crippen LogP contribution >= 0.6 is 0 Å². The third-order valence-corrected chi connectivity index (χ3v) is 2.44. The van der Waals surface area contributed by atoms with E-state index in [0.717, 1.165) is 0 Å². The zero-order chi connectivity index (χ0) is 17.3. The maximum atomic E-state index is 12.1. The summed E-state index contributed by atoms with van der Waals surface area (Å²) in [7, 11) is 0. The second-order valence-corrected chi connectivity index (χ2v) is 5.60. The molecule has 3 N–H and O–H groups in total. The summed E-state index contributed by atoms with van der Waals surface area (Å²) in [5, 5.41) is 20.1. The van der Waals surface area contributed by atoms with Gasteiger partial charge >= 0.3 is 18.0 Å². The van der Waals surface area contributed by atoms with Crippen LogP contribution in [0, 0.1) is 0 Å². The van der Waals surface area contributed by atoms with Gasteiger partial charge in [-0.1, -0.05) is 6.08 Å². The lowest BCUT2D eigenvalue weighted by Gasteiger charge is -2.21. The predicted octanol–water partition coefficient (Wildman–Crippen LogP) is 2.12. The molecule has 0 spiro atoms. The van der Waals surface area contributed by atoms with Gasteiger partial charge in [0.2, 0.25) is 0 Å². The Kier molecular flexibility index (Phi) is 8.14. The molecule has 0 heterocycles. The van der Waals surface area contributed by atoms with Crippen molar-refractivity contribution >= 4 is 18.0 Å². The molecule has 0 bridgehead atoms. The molecule has 8 heteroatoms. The molecule has 0 aliphatic heterocycles. The molecule has 0 saturated carbocycles. The molecule has 1 atom stereocenters. The molecule has 1 unspecified atom stereocenters. The SMILES string of the molecule is CC(C)(C)OC(=O)NC(CC=C(CCCF)C(=O)O)C(=O)O. The Morgan fingerprint density at radius 3 is 2.27 bits per heavy atom. The van der Waals surface area contributed by atoms with E-state index in [1.807, 2.05) is 0 Å². The molecule has 0 aromatic heterocycles. The highest BCUT2D eigenvalue weighted by atomic mass is 19.1. The summed E-state index contributed by atoms with van der Waals surface area (Å²) in [4.78, 5) is 33.6. The zero-order valence-corrected chi connectivity index (χ0v) is 12.9. The average Bonchev–Trinajstić information content (AvgIpc) is 2.34. The first kappa shape index (κ1) is 19.9. The molecule has 126 valence electrons. The summed E-state index contributed by atoms with van der Waals surface area (Å²) in [6.45, 7) is 4.22. The van der Waals surface area contributed by atoms with E-state index in [2.05, 4.69) is 5.32 Å². The number of aliphatic carboxylic acids is 2. The fourth-order valence-electron chi connectivity index (χ4n) is 1.48. The molecule has 0 aromatic carbocycles. The third-order valence-electron chi connectivity index (χ3n) is 2.44. The Balaban J connectivity index is 4.79. The number of nitrogens with one attached hydrogen (secondary N) is 1. The van der Waals surface area contributed by atoms with E-state index in [-0.39, 0.29) is 24.8 Å². The van der Waals surface area contributed by atoms with Crippen LogP contribution in [-0.2, 0) is 14.3 Å².